The van der Waals surface area contributed by atoms with Gasteiger partial charge in [-0.3, -0.25) is 0 Å². The lowest BCUT2D eigenvalue weighted by atomic mass is 10.0. The largest absolute Gasteiger partial charge is 0.491 e. The average molecular weight is 502 g/mol. The number of halogens is 1. The zero-order valence-corrected chi connectivity index (χ0v) is 20.8. The van der Waals surface area contributed by atoms with Crippen molar-refractivity contribution in [2.45, 2.75) is 39.3 Å². The van der Waals surface area contributed by atoms with Gasteiger partial charge in [0.1, 0.15) is 11.3 Å². The second kappa shape index (κ2) is 11.9. The van der Waals surface area contributed by atoms with Crippen molar-refractivity contribution in [3.8, 4) is 17.2 Å². The molecule has 2 aromatic carbocycles. The van der Waals surface area contributed by atoms with Gasteiger partial charge in [-0.1, -0.05) is 0 Å². The van der Waals surface area contributed by atoms with Gasteiger partial charge in [-0.25, -0.2) is 4.79 Å². The van der Waals surface area contributed by atoms with Gasteiger partial charge in [0, 0.05) is 18.7 Å². The first-order valence-electron chi connectivity index (χ1n) is 12.2. The molecule has 36 heavy (non-hydrogen) atoms. The van der Waals surface area contributed by atoms with E-state index in [1.54, 1.807) is 30.3 Å². The molecule has 194 valence electrons. The molecule has 0 unspecified atom stereocenters. The lowest BCUT2D eigenvalue weighted by Gasteiger charge is -2.33. The number of anilines is 1. The third-order valence-electron chi connectivity index (χ3n) is 5.95. The van der Waals surface area contributed by atoms with Gasteiger partial charge in [0.05, 0.1) is 20.3 Å². The Labute approximate surface area is 209 Å². The number of ether oxygens (including phenoxy) is 4. The predicted molar refractivity (Wildman–Crippen MR) is 132 cm³/mol. The first-order valence-corrected chi connectivity index (χ1v) is 12.2. The number of rotatable bonds is 11. The molecule has 1 fully saturated rings. The molecule has 0 aliphatic carbocycles. The van der Waals surface area contributed by atoms with E-state index in [9.17, 15) is 9.18 Å². The van der Waals surface area contributed by atoms with E-state index in [0.29, 0.717) is 42.6 Å². The molecular weight excluding hydrogens is 469 g/mol. The Kier molecular flexibility index (Phi) is 8.48. The molecule has 1 aliphatic heterocycles. The zero-order chi connectivity index (χ0) is 25.5. The van der Waals surface area contributed by atoms with Gasteiger partial charge >= 0.3 is 5.97 Å². The zero-order valence-electron chi connectivity index (χ0n) is 20.8. The summed E-state index contributed by atoms with van der Waals surface area (Å²) in [5, 5.41) is 3.38. The first-order chi connectivity index (χ1) is 17.5. The maximum absolute atomic E-state index is 14.8. The van der Waals surface area contributed by atoms with E-state index in [1.807, 2.05) is 13.8 Å². The maximum Gasteiger partial charge on any atom is 0.343 e. The standard InChI is InChI=1S/C26H32FN3O6/c1-4-33-22-12-17(13-23(25(22)27)34-5-2)15-30(18-8-10-28-11-9-18)26-29-20-14-19(6-7-21(20)36-26)35-16-24(31)32-3/h6-7,12-14,18,28H,4-5,8-11,15-16H2,1-3H3. The van der Waals surface area contributed by atoms with Crippen LogP contribution in [0.1, 0.15) is 32.3 Å². The summed E-state index contributed by atoms with van der Waals surface area (Å²) in [7, 11) is 1.31. The van der Waals surface area contributed by atoms with Gasteiger partial charge in [0.15, 0.2) is 23.7 Å². The minimum Gasteiger partial charge on any atom is -0.491 e. The summed E-state index contributed by atoms with van der Waals surface area (Å²) in [6.45, 7) is 6.32. The SMILES string of the molecule is CCOc1cc(CN(c2nc3cc(OCC(=O)OC)ccc3o2)C2CCNCC2)cc(OCC)c1F. The number of hydrogen-bond donors (Lipinski definition) is 1. The highest BCUT2D eigenvalue weighted by Crippen LogP contribution is 2.33. The molecule has 10 heteroatoms. The summed E-state index contributed by atoms with van der Waals surface area (Å²) in [5.41, 5.74) is 2.03. The van der Waals surface area contributed by atoms with Crippen molar-refractivity contribution in [1.29, 1.82) is 0 Å². The molecule has 1 aromatic heterocycles. The average Bonchev–Trinajstić information content (AvgIpc) is 3.32. The van der Waals surface area contributed by atoms with E-state index >= 15 is 0 Å². The summed E-state index contributed by atoms with van der Waals surface area (Å²) < 4.78 is 42.1. The number of esters is 1. The molecule has 0 saturated carbocycles. The van der Waals surface area contributed by atoms with Crippen LogP contribution < -0.4 is 24.4 Å². The second-order valence-corrected chi connectivity index (χ2v) is 8.37. The summed E-state index contributed by atoms with van der Waals surface area (Å²) in [6.07, 6.45) is 1.81. The Balaban J connectivity index is 1.66. The van der Waals surface area contributed by atoms with Crippen LogP contribution in [0.25, 0.3) is 11.1 Å². The highest BCUT2D eigenvalue weighted by atomic mass is 19.1. The van der Waals surface area contributed by atoms with Crippen LogP contribution in [-0.4, -0.2) is 57.0 Å². The van der Waals surface area contributed by atoms with E-state index in [2.05, 4.69) is 15.0 Å². The van der Waals surface area contributed by atoms with E-state index in [1.165, 1.54) is 7.11 Å². The van der Waals surface area contributed by atoms with Gasteiger partial charge in [0.2, 0.25) is 5.82 Å². The maximum atomic E-state index is 14.8. The Morgan fingerprint density at radius 1 is 1.11 bits per heavy atom. The molecule has 0 spiro atoms. The summed E-state index contributed by atoms with van der Waals surface area (Å²) in [4.78, 5) is 18.2. The number of piperidine rings is 1. The number of oxazole rings is 1. The van der Waals surface area contributed by atoms with E-state index in [0.717, 1.165) is 31.5 Å². The summed E-state index contributed by atoms with van der Waals surface area (Å²) >= 11 is 0. The van der Waals surface area contributed by atoms with Gasteiger partial charge < -0.3 is 33.6 Å². The van der Waals surface area contributed by atoms with Crippen molar-refractivity contribution in [2.75, 3.05) is 44.9 Å². The third-order valence-corrected chi connectivity index (χ3v) is 5.95. The summed E-state index contributed by atoms with van der Waals surface area (Å²) in [5.74, 6) is -0.160. The number of nitrogens with one attached hydrogen (secondary N) is 1. The van der Waals surface area contributed by atoms with Crippen LogP contribution in [0.15, 0.2) is 34.7 Å². The molecule has 2 heterocycles. The molecule has 9 nitrogen and oxygen atoms in total. The Morgan fingerprint density at radius 3 is 2.44 bits per heavy atom. The van der Waals surface area contributed by atoms with Crippen LogP contribution in [-0.2, 0) is 16.1 Å². The Hall–Kier alpha value is -3.53. The predicted octanol–water partition coefficient (Wildman–Crippen LogP) is 4.07. The van der Waals surface area contributed by atoms with E-state index in [4.69, 9.17) is 23.6 Å². The number of carbonyl (C=O) groups is 1. The quantitative estimate of drug-likeness (QED) is 0.390. The molecular formula is C26H32FN3O6. The third kappa shape index (κ3) is 5.99. The number of benzene rings is 2. The Morgan fingerprint density at radius 2 is 1.81 bits per heavy atom. The monoisotopic (exact) mass is 501 g/mol. The lowest BCUT2D eigenvalue weighted by molar-refractivity contribution is -0.142. The number of carbonyl (C=O) groups excluding carboxylic acids is 1. The number of nitrogens with zero attached hydrogens (tertiary/aromatic N) is 2. The van der Waals surface area contributed by atoms with E-state index in [-0.39, 0.29) is 24.1 Å². The molecule has 0 radical (unpaired) electrons. The van der Waals surface area contributed by atoms with Gasteiger partial charge in [-0.2, -0.15) is 9.37 Å². The number of fused-ring (bicyclic) bond motifs is 1. The fourth-order valence-electron chi connectivity index (χ4n) is 4.22. The van der Waals surface area contributed by atoms with Crippen LogP contribution in [0.2, 0.25) is 0 Å². The minimum atomic E-state index is -0.503. The molecule has 0 atom stereocenters. The van der Waals surface area contributed by atoms with Crippen LogP contribution >= 0.6 is 0 Å². The molecule has 1 saturated heterocycles. The van der Waals surface area contributed by atoms with Crippen LogP contribution in [0.4, 0.5) is 10.4 Å². The van der Waals surface area contributed by atoms with Gasteiger partial charge in [-0.05, 0) is 69.6 Å². The molecule has 0 bridgehead atoms. The topological polar surface area (TPSA) is 95.3 Å². The van der Waals surface area contributed by atoms with E-state index < -0.39 is 11.8 Å². The second-order valence-electron chi connectivity index (χ2n) is 8.37. The van der Waals surface area contributed by atoms with Crippen molar-refractivity contribution in [2.24, 2.45) is 0 Å². The highest BCUT2D eigenvalue weighted by Gasteiger charge is 2.27. The van der Waals surface area contributed by atoms with Crippen molar-refractivity contribution in [1.82, 2.24) is 10.3 Å². The van der Waals surface area contributed by atoms with Gasteiger partial charge in [-0.15, -0.1) is 0 Å². The molecule has 1 aliphatic rings. The van der Waals surface area contributed by atoms with Crippen LogP contribution in [0, 0.1) is 5.82 Å². The first kappa shape index (κ1) is 25.6. The minimum absolute atomic E-state index is 0.161. The normalized spacial score (nSPS) is 14.0. The number of methoxy groups -OCH3 is 1. The van der Waals surface area contributed by atoms with Crippen LogP contribution in [0.3, 0.4) is 0 Å². The fraction of sp³-hybridized carbons (Fsp3) is 0.462. The van der Waals surface area contributed by atoms with Crippen LogP contribution in [0.5, 0.6) is 17.2 Å². The number of aromatic nitrogens is 1. The molecule has 0 amide bonds. The highest BCUT2D eigenvalue weighted by molar-refractivity contribution is 5.77. The lowest BCUT2D eigenvalue weighted by Crippen LogP contribution is -2.43. The fourth-order valence-corrected chi connectivity index (χ4v) is 4.22. The smallest absolute Gasteiger partial charge is 0.343 e. The van der Waals surface area contributed by atoms with Gasteiger partial charge in [0.25, 0.3) is 6.01 Å². The van der Waals surface area contributed by atoms with Crippen molar-refractivity contribution < 1.29 is 32.5 Å². The molecule has 3 aromatic rings. The number of hydrogen-bond acceptors (Lipinski definition) is 9. The Bertz CT molecular complexity index is 1150. The van der Waals surface area contributed by atoms with Crippen molar-refractivity contribution in [3.05, 3.63) is 41.7 Å². The summed E-state index contributed by atoms with van der Waals surface area (Å²) in [6, 6.07) is 9.25. The van der Waals surface area contributed by atoms with Crippen molar-refractivity contribution in [3.63, 3.8) is 0 Å². The van der Waals surface area contributed by atoms with Crippen molar-refractivity contribution >= 4 is 23.1 Å². The molecule has 4 rings (SSSR count). The molecule has 1 N–H and O–H groups in total.